The van der Waals surface area contributed by atoms with E-state index in [1.165, 1.54) is 6.07 Å². The molecule has 0 saturated carbocycles. The molecule has 1 N–H and O–H groups in total. The number of halogens is 3. The minimum atomic E-state index is -0.240. The van der Waals surface area contributed by atoms with Crippen molar-refractivity contribution in [3.8, 4) is 0 Å². The summed E-state index contributed by atoms with van der Waals surface area (Å²) in [5.74, 6) is -0.208. The first-order chi connectivity index (χ1) is 8.24. The molecule has 0 atom stereocenters. The number of rotatable bonds is 5. The molecule has 102 valence electrons. The second kappa shape index (κ2) is 6.36. The lowest BCUT2D eigenvalue weighted by Crippen LogP contribution is -2.30. The number of hydrogen-bond acceptors (Lipinski definition) is 1. The maximum absolute atomic E-state index is 14.0. The van der Waals surface area contributed by atoms with Crippen LogP contribution in [0.1, 0.15) is 39.7 Å². The van der Waals surface area contributed by atoms with Gasteiger partial charge in [0.15, 0.2) is 0 Å². The van der Waals surface area contributed by atoms with Crippen LogP contribution < -0.4 is 5.32 Å². The van der Waals surface area contributed by atoms with Crippen LogP contribution in [-0.4, -0.2) is 12.6 Å². The zero-order valence-electron chi connectivity index (χ0n) is 11.3. The minimum Gasteiger partial charge on any atom is -0.315 e. The molecule has 0 aromatic heterocycles. The fraction of sp³-hybridized carbons (Fsp3) is 0.571. The molecule has 0 fully saturated rings. The van der Waals surface area contributed by atoms with E-state index in [0.717, 1.165) is 13.0 Å². The Kier molecular flexibility index (Phi) is 5.63. The average molecular weight is 337 g/mol. The van der Waals surface area contributed by atoms with Crippen LogP contribution in [0.4, 0.5) is 4.39 Å². The predicted octanol–water partition coefficient (Wildman–Crippen LogP) is 4.91. The van der Waals surface area contributed by atoms with Crippen molar-refractivity contribution >= 4 is 27.5 Å². The quantitative estimate of drug-likeness (QED) is 0.754. The van der Waals surface area contributed by atoms with Gasteiger partial charge >= 0.3 is 0 Å². The maximum Gasteiger partial charge on any atom is 0.128 e. The van der Waals surface area contributed by atoms with Crippen molar-refractivity contribution in [2.24, 2.45) is 0 Å². The molecular weight excluding hydrogens is 317 g/mol. The van der Waals surface area contributed by atoms with E-state index < -0.39 is 0 Å². The lowest BCUT2D eigenvalue weighted by molar-refractivity contribution is 0.423. The van der Waals surface area contributed by atoms with Crippen LogP contribution in [0.3, 0.4) is 0 Å². The van der Waals surface area contributed by atoms with Crippen LogP contribution in [0.25, 0.3) is 0 Å². The Morgan fingerprint density at radius 2 is 2.00 bits per heavy atom. The van der Waals surface area contributed by atoms with Crippen molar-refractivity contribution in [2.45, 2.75) is 45.6 Å². The van der Waals surface area contributed by atoms with Gasteiger partial charge in [0.25, 0.3) is 0 Å². The average Bonchev–Trinajstić information content (AvgIpc) is 2.22. The molecule has 1 rings (SSSR count). The van der Waals surface area contributed by atoms with Gasteiger partial charge in [0.2, 0.25) is 0 Å². The second-order valence-electron chi connectivity index (χ2n) is 5.49. The van der Waals surface area contributed by atoms with Gasteiger partial charge in [0.05, 0.1) is 5.02 Å². The predicted molar refractivity (Wildman–Crippen MR) is 79.9 cm³/mol. The Bertz CT molecular complexity index is 419. The Morgan fingerprint density at radius 1 is 1.39 bits per heavy atom. The van der Waals surface area contributed by atoms with E-state index in [2.05, 4.69) is 35.1 Å². The van der Waals surface area contributed by atoms with Gasteiger partial charge in [-0.3, -0.25) is 0 Å². The summed E-state index contributed by atoms with van der Waals surface area (Å²) in [7, 11) is 0. The molecule has 0 aliphatic carbocycles. The fourth-order valence-electron chi connectivity index (χ4n) is 1.85. The molecule has 18 heavy (non-hydrogen) atoms. The minimum absolute atomic E-state index is 0.208. The summed E-state index contributed by atoms with van der Waals surface area (Å²) < 4.78 is 14.6. The summed E-state index contributed by atoms with van der Waals surface area (Å²) in [4.78, 5) is 0. The first-order valence-corrected chi connectivity index (χ1v) is 7.29. The highest BCUT2D eigenvalue weighted by Gasteiger charge is 2.25. The first-order valence-electron chi connectivity index (χ1n) is 6.12. The van der Waals surface area contributed by atoms with Crippen molar-refractivity contribution < 1.29 is 4.39 Å². The highest BCUT2D eigenvalue weighted by atomic mass is 79.9. The van der Waals surface area contributed by atoms with E-state index in [4.69, 9.17) is 11.6 Å². The van der Waals surface area contributed by atoms with Crippen LogP contribution >= 0.6 is 27.5 Å². The molecule has 1 nitrogen and oxygen atoms in total. The molecule has 1 aromatic rings. The highest BCUT2D eigenvalue weighted by molar-refractivity contribution is 9.10. The third kappa shape index (κ3) is 4.22. The standard InChI is InChI=1S/C14H20BrClFN/c1-9(2)18-6-5-14(3,4)10-7-12(16)11(15)8-13(10)17/h7-9,18H,5-6H2,1-4H3. The normalized spacial score (nSPS) is 12.2. The Hall–Kier alpha value is -0.120. The van der Waals surface area contributed by atoms with Crippen molar-refractivity contribution in [1.29, 1.82) is 0 Å². The topological polar surface area (TPSA) is 12.0 Å². The van der Waals surface area contributed by atoms with Gasteiger partial charge < -0.3 is 5.32 Å². The smallest absolute Gasteiger partial charge is 0.128 e. The van der Waals surface area contributed by atoms with E-state index in [0.29, 0.717) is 21.1 Å². The Morgan fingerprint density at radius 3 is 2.56 bits per heavy atom. The lowest BCUT2D eigenvalue weighted by Gasteiger charge is -2.27. The first kappa shape index (κ1) is 15.9. The zero-order valence-corrected chi connectivity index (χ0v) is 13.6. The molecule has 0 unspecified atom stereocenters. The molecular formula is C14H20BrClFN. The maximum atomic E-state index is 14.0. The van der Waals surface area contributed by atoms with Crippen LogP contribution in [0.2, 0.25) is 5.02 Å². The molecule has 4 heteroatoms. The highest BCUT2D eigenvalue weighted by Crippen LogP contribution is 2.34. The Balaban J connectivity index is 2.87. The molecule has 0 heterocycles. The van der Waals surface area contributed by atoms with Gasteiger partial charge in [-0.25, -0.2) is 4.39 Å². The van der Waals surface area contributed by atoms with E-state index >= 15 is 0 Å². The van der Waals surface area contributed by atoms with Crippen molar-refractivity contribution in [1.82, 2.24) is 5.32 Å². The molecule has 0 radical (unpaired) electrons. The molecule has 0 spiro atoms. The summed E-state index contributed by atoms with van der Waals surface area (Å²) in [5.41, 5.74) is 0.428. The van der Waals surface area contributed by atoms with E-state index in [1.54, 1.807) is 6.07 Å². The van der Waals surface area contributed by atoms with E-state index in [-0.39, 0.29) is 11.2 Å². The largest absolute Gasteiger partial charge is 0.315 e. The number of hydrogen-bond donors (Lipinski definition) is 1. The van der Waals surface area contributed by atoms with Crippen LogP contribution in [0, 0.1) is 5.82 Å². The van der Waals surface area contributed by atoms with Crippen molar-refractivity contribution in [3.05, 3.63) is 33.0 Å². The molecule has 0 bridgehead atoms. The van der Waals surface area contributed by atoms with Gasteiger partial charge in [-0.1, -0.05) is 39.3 Å². The van der Waals surface area contributed by atoms with Gasteiger partial charge in [0.1, 0.15) is 5.82 Å². The van der Waals surface area contributed by atoms with Crippen LogP contribution in [0.5, 0.6) is 0 Å². The van der Waals surface area contributed by atoms with Crippen molar-refractivity contribution in [2.75, 3.05) is 6.54 Å². The lowest BCUT2D eigenvalue weighted by atomic mass is 9.81. The third-order valence-corrected chi connectivity index (χ3v) is 4.24. The van der Waals surface area contributed by atoms with Gasteiger partial charge in [0, 0.05) is 10.5 Å². The molecule has 0 aliphatic heterocycles. The van der Waals surface area contributed by atoms with Gasteiger partial charge in [-0.15, -0.1) is 0 Å². The monoisotopic (exact) mass is 335 g/mol. The summed E-state index contributed by atoms with van der Waals surface area (Å²) in [6, 6.07) is 3.60. The van der Waals surface area contributed by atoms with Crippen LogP contribution in [0.15, 0.2) is 16.6 Å². The van der Waals surface area contributed by atoms with Gasteiger partial charge in [-0.05, 0) is 52.0 Å². The Labute approximate surface area is 122 Å². The van der Waals surface area contributed by atoms with Gasteiger partial charge in [-0.2, -0.15) is 0 Å². The van der Waals surface area contributed by atoms with Crippen molar-refractivity contribution in [3.63, 3.8) is 0 Å². The third-order valence-electron chi connectivity index (χ3n) is 3.04. The van der Waals surface area contributed by atoms with E-state index in [1.807, 2.05) is 13.8 Å². The molecule has 1 aromatic carbocycles. The summed E-state index contributed by atoms with van der Waals surface area (Å²) >= 11 is 9.28. The SMILES string of the molecule is CC(C)NCCC(C)(C)c1cc(Cl)c(Br)cc1F. The van der Waals surface area contributed by atoms with E-state index in [9.17, 15) is 4.39 Å². The summed E-state index contributed by atoms with van der Waals surface area (Å²) in [6.07, 6.45) is 0.861. The zero-order chi connectivity index (χ0) is 13.9. The summed E-state index contributed by atoms with van der Waals surface area (Å²) in [6.45, 7) is 9.14. The summed E-state index contributed by atoms with van der Waals surface area (Å²) in [5, 5.41) is 3.90. The fourth-order valence-corrected chi connectivity index (χ4v) is 2.33. The molecule has 0 amide bonds. The molecule has 0 saturated heterocycles. The second-order valence-corrected chi connectivity index (χ2v) is 6.75. The number of benzene rings is 1. The number of nitrogens with one attached hydrogen (secondary N) is 1. The van der Waals surface area contributed by atoms with Crippen LogP contribution in [-0.2, 0) is 5.41 Å². The molecule has 0 aliphatic rings.